The number of anilines is 1. The van der Waals surface area contributed by atoms with Gasteiger partial charge in [0, 0.05) is 31.6 Å². The number of piperazine rings is 1. The molecule has 1 aliphatic rings. The fourth-order valence-corrected chi connectivity index (χ4v) is 2.56. The summed E-state index contributed by atoms with van der Waals surface area (Å²) in [5.74, 6) is 1.67. The monoisotopic (exact) mass is 255 g/mol. The third-order valence-electron chi connectivity index (χ3n) is 3.81. The Labute approximate surface area is 114 Å². The second-order valence-corrected chi connectivity index (χ2v) is 5.51. The largest absolute Gasteiger partial charge is 0.354 e. The van der Waals surface area contributed by atoms with E-state index in [1.54, 1.807) is 0 Å². The second kappa shape index (κ2) is 5.17. The van der Waals surface area contributed by atoms with Crippen LogP contribution < -0.4 is 10.2 Å². The predicted molar refractivity (Wildman–Crippen MR) is 80.9 cm³/mol. The van der Waals surface area contributed by atoms with Gasteiger partial charge in [-0.2, -0.15) is 0 Å². The fourth-order valence-electron chi connectivity index (χ4n) is 2.56. The van der Waals surface area contributed by atoms with Gasteiger partial charge < -0.3 is 10.2 Å². The van der Waals surface area contributed by atoms with Crippen LogP contribution in [0.15, 0.2) is 30.3 Å². The molecule has 1 fully saturated rings. The Kier molecular flexibility index (Phi) is 3.38. The Morgan fingerprint density at radius 1 is 1.11 bits per heavy atom. The molecule has 2 aromatic rings. The third-order valence-corrected chi connectivity index (χ3v) is 3.81. The standard InChI is InChI=1S/C16H21N3/c1-12(2)13-3-5-15-14(11-13)4-6-16(18-15)19-9-7-17-8-10-19/h3-6,11-12,17H,7-10H2,1-2H3. The zero-order valence-electron chi connectivity index (χ0n) is 11.7. The van der Waals surface area contributed by atoms with E-state index in [2.05, 4.69) is 54.4 Å². The highest BCUT2D eigenvalue weighted by molar-refractivity contribution is 5.81. The number of nitrogens with one attached hydrogen (secondary N) is 1. The van der Waals surface area contributed by atoms with Gasteiger partial charge in [0.15, 0.2) is 0 Å². The van der Waals surface area contributed by atoms with E-state index in [0.717, 1.165) is 37.5 Å². The van der Waals surface area contributed by atoms with Crippen LogP contribution in [0.3, 0.4) is 0 Å². The predicted octanol–water partition coefficient (Wildman–Crippen LogP) is 2.77. The van der Waals surface area contributed by atoms with Gasteiger partial charge >= 0.3 is 0 Å². The van der Waals surface area contributed by atoms with Crippen molar-refractivity contribution < 1.29 is 0 Å². The molecule has 0 saturated carbocycles. The first kappa shape index (κ1) is 12.4. The van der Waals surface area contributed by atoms with E-state index in [-0.39, 0.29) is 0 Å². The lowest BCUT2D eigenvalue weighted by molar-refractivity contribution is 0.585. The molecule has 3 heteroatoms. The van der Waals surface area contributed by atoms with Gasteiger partial charge in [0.2, 0.25) is 0 Å². The molecule has 0 aliphatic carbocycles. The summed E-state index contributed by atoms with van der Waals surface area (Å²) in [6.07, 6.45) is 0. The molecule has 3 nitrogen and oxygen atoms in total. The van der Waals surface area contributed by atoms with Crippen molar-refractivity contribution in [1.82, 2.24) is 10.3 Å². The summed E-state index contributed by atoms with van der Waals surface area (Å²) < 4.78 is 0. The summed E-state index contributed by atoms with van der Waals surface area (Å²) in [6.45, 7) is 8.64. The maximum atomic E-state index is 4.80. The quantitative estimate of drug-likeness (QED) is 0.894. The summed E-state index contributed by atoms with van der Waals surface area (Å²) in [7, 11) is 0. The lowest BCUT2D eigenvalue weighted by Crippen LogP contribution is -2.43. The minimum absolute atomic E-state index is 0.567. The van der Waals surface area contributed by atoms with Crippen LogP contribution in [0.2, 0.25) is 0 Å². The van der Waals surface area contributed by atoms with Crippen molar-refractivity contribution in [2.75, 3.05) is 31.1 Å². The van der Waals surface area contributed by atoms with Gasteiger partial charge in [0.05, 0.1) is 5.52 Å². The van der Waals surface area contributed by atoms with Crippen molar-refractivity contribution >= 4 is 16.7 Å². The van der Waals surface area contributed by atoms with Crippen LogP contribution in [0, 0.1) is 0 Å². The Morgan fingerprint density at radius 3 is 2.63 bits per heavy atom. The molecular weight excluding hydrogens is 234 g/mol. The molecule has 1 aromatic heterocycles. The molecule has 0 radical (unpaired) electrons. The molecule has 19 heavy (non-hydrogen) atoms. The molecule has 100 valence electrons. The average molecular weight is 255 g/mol. The number of aromatic nitrogens is 1. The molecule has 1 saturated heterocycles. The third kappa shape index (κ3) is 2.56. The summed E-state index contributed by atoms with van der Waals surface area (Å²) >= 11 is 0. The highest BCUT2D eigenvalue weighted by Crippen LogP contribution is 2.23. The van der Waals surface area contributed by atoms with Gasteiger partial charge in [-0.25, -0.2) is 4.98 Å². The molecule has 0 atom stereocenters. The van der Waals surface area contributed by atoms with Gasteiger partial charge in [0.1, 0.15) is 5.82 Å². The fraction of sp³-hybridized carbons (Fsp3) is 0.438. The number of benzene rings is 1. The average Bonchev–Trinajstić information content (AvgIpc) is 2.47. The SMILES string of the molecule is CC(C)c1ccc2nc(N3CCNCC3)ccc2c1. The number of hydrogen-bond acceptors (Lipinski definition) is 3. The van der Waals surface area contributed by atoms with Gasteiger partial charge in [-0.1, -0.05) is 19.9 Å². The van der Waals surface area contributed by atoms with Gasteiger partial charge in [-0.05, 0) is 35.7 Å². The maximum absolute atomic E-state index is 4.80. The van der Waals surface area contributed by atoms with Crippen molar-refractivity contribution in [3.8, 4) is 0 Å². The van der Waals surface area contributed by atoms with Gasteiger partial charge in [-0.3, -0.25) is 0 Å². The van der Waals surface area contributed by atoms with Crippen LogP contribution >= 0.6 is 0 Å². The van der Waals surface area contributed by atoms with Crippen molar-refractivity contribution in [3.63, 3.8) is 0 Å². The number of rotatable bonds is 2. The van der Waals surface area contributed by atoms with Crippen LogP contribution in [-0.2, 0) is 0 Å². The Morgan fingerprint density at radius 2 is 1.89 bits per heavy atom. The molecule has 1 aliphatic heterocycles. The molecule has 3 rings (SSSR count). The van der Waals surface area contributed by atoms with E-state index in [4.69, 9.17) is 4.98 Å². The van der Waals surface area contributed by atoms with E-state index in [1.807, 2.05) is 0 Å². The number of fused-ring (bicyclic) bond motifs is 1. The molecule has 0 amide bonds. The summed E-state index contributed by atoms with van der Waals surface area (Å²) in [6, 6.07) is 11.0. The molecular formula is C16H21N3. The minimum atomic E-state index is 0.567. The highest BCUT2D eigenvalue weighted by atomic mass is 15.2. The van der Waals surface area contributed by atoms with E-state index >= 15 is 0 Å². The van der Waals surface area contributed by atoms with Crippen LogP contribution in [0.25, 0.3) is 10.9 Å². The first-order valence-electron chi connectivity index (χ1n) is 7.10. The second-order valence-electron chi connectivity index (χ2n) is 5.51. The topological polar surface area (TPSA) is 28.2 Å². The highest BCUT2D eigenvalue weighted by Gasteiger charge is 2.12. The van der Waals surface area contributed by atoms with Gasteiger partial charge in [0.25, 0.3) is 0 Å². The number of nitrogens with zero attached hydrogens (tertiary/aromatic N) is 2. The van der Waals surface area contributed by atoms with Crippen LogP contribution in [-0.4, -0.2) is 31.2 Å². The minimum Gasteiger partial charge on any atom is -0.354 e. The zero-order valence-corrected chi connectivity index (χ0v) is 11.7. The lowest BCUT2D eigenvalue weighted by atomic mass is 10.0. The van der Waals surface area contributed by atoms with Crippen molar-refractivity contribution in [2.24, 2.45) is 0 Å². The Bertz CT molecular complexity index is 571. The number of pyridine rings is 1. The smallest absolute Gasteiger partial charge is 0.129 e. The normalized spacial score (nSPS) is 16.3. The molecule has 1 N–H and O–H groups in total. The zero-order chi connectivity index (χ0) is 13.2. The van der Waals surface area contributed by atoms with Crippen molar-refractivity contribution in [2.45, 2.75) is 19.8 Å². The van der Waals surface area contributed by atoms with Crippen molar-refractivity contribution in [1.29, 1.82) is 0 Å². The summed E-state index contributed by atoms with van der Waals surface area (Å²) in [5.41, 5.74) is 2.48. The molecule has 2 heterocycles. The van der Waals surface area contributed by atoms with Crippen LogP contribution in [0.5, 0.6) is 0 Å². The van der Waals surface area contributed by atoms with Crippen LogP contribution in [0.1, 0.15) is 25.3 Å². The lowest BCUT2D eigenvalue weighted by Gasteiger charge is -2.28. The number of hydrogen-bond donors (Lipinski definition) is 1. The van der Waals surface area contributed by atoms with E-state index in [9.17, 15) is 0 Å². The molecule has 0 unspecified atom stereocenters. The molecule has 0 spiro atoms. The van der Waals surface area contributed by atoms with Crippen LogP contribution in [0.4, 0.5) is 5.82 Å². The van der Waals surface area contributed by atoms with Crippen molar-refractivity contribution in [3.05, 3.63) is 35.9 Å². The molecule has 1 aromatic carbocycles. The first-order chi connectivity index (χ1) is 9.24. The maximum Gasteiger partial charge on any atom is 0.129 e. The van der Waals surface area contributed by atoms with E-state index in [0.29, 0.717) is 5.92 Å². The summed E-state index contributed by atoms with van der Waals surface area (Å²) in [5, 5.41) is 4.61. The van der Waals surface area contributed by atoms with E-state index in [1.165, 1.54) is 10.9 Å². The van der Waals surface area contributed by atoms with E-state index < -0.39 is 0 Å². The van der Waals surface area contributed by atoms with Gasteiger partial charge in [-0.15, -0.1) is 0 Å². The molecule has 0 bridgehead atoms. The Balaban J connectivity index is 1.94. The summed E-state index contributed by atoms with van der Waals surface area (Å²) in [4.78, 5) is 7.15. The Hall–Kier alpha value is -1.61. The first-order valence-corrected chi connectivity index (χ1v) is 7.10.